The molecule has 5 N–H and O–H groups in total. The number of amides is 1. The monoisotopic (exact) mass is 487 g/mol. The first-order valence-corrected chi connectivity index (χ1v) is 12.6. The van der Waals surface area contributed by atoms with Crippen LogP contribution in [-0.2, 0) is 4.79 Å². The fourth-order valence-electron chi connectivity index (χ4n) is 5.07. The summed E-state index contributed by atoms with van der Waals surface area (Å²) in [7, 11) is 0. The summed E-state index contributed by atoms with van der Waals surface area (Å²) in [5.74, 6) is 0.951. The molecule has 0 bridgehead atoms. The molecule has 3 heterocycles. The number of phenols is 1. The lowest BCUT2D eigenvalue weighted by atomic mass is 9.98. The Balaban J connectivity index is 1.39. The summed E-state index contributed by atoms with van der Waals surface area (Å²) in [5, 5.41) is 25.3. The first-order chi connectivity index (χ1) is 17.6. The zero-order valence-corrected chi connectivity index (χ0v) is 20.3. The van der Waals surface area contributed by atoms with Crippen molar-refractivity contribution in [3.63, 3.8) is 0 Å². The number of nitrogens with two attached hydrogens (primary N) is 1. The van der Waals surface area contributed by atoms with Crippen LogP contribution in [0.25, 0.3) is 11.3 Å². The Bertz CT molecular complexity index is 1180. The van der Waals surface area contributed by atoms with Crippen molar-refractivity contribution in [1.82, 2.24) is 20.8 Å². The Kier molecular flexibility index (Phi) is 7.18. The minimum absolute atomic E-state index is 0.0172. The smallest absolute Gasteiger partial charge is 0.244 e. The second kappa shape index (κ2) is 10.8. The quantitative estimate of drug-likeness (QED) is 0.418. The van der Waals surface area contributed by atoms with E-state index in [1.54, 1.807) is 18.2 Å². The van der Waals surface area contributed by atoms with Gasteiger partial charge in [-0.15, -0.1) is 10.2 Å². The average molecular weight is 488 g/mol. The van der Waals surface area contributed by atoms with Gasteiger partial charge in [0.15, 0.2) is 5.82 Å². The predicted octanol–water partition coefficient (Wildman–Crippen LogP) is 2.24. The maximum atomic E-state index is 13.5. The van der Waals surface area contributed by atoms with E-state index in [1.807, 2.05) is 42.5 Å². The van der Waals surface area contributed by atoms with Gasteiger partial charge in [0, 0.05) is 37.4 Å². The fraction of sp³-hybridized carbons (Fsp3) is 0.370. The van der Waals surface area contributed by atoms with Crippen molar-refractivity contribution >= 4 is 23.1 Å². The molecule has 0 aliphatic carbocycles. The maximum Gasteiger partial charge on any atom is 0.244 e. The number of aromatic hydroxyl groups is 1. The molecule has 2 aliphatic heterocycles. The Morgan fingerprint density at radius 1 is 1.06 bits per heavy atom. The third-order valence-corrected chi connectivity index (χ3v) is 7.12. The molecule has 5 rings (SSSR count). The van der Waals surface area contributed by atoms with Crippen molar-refractivity contribution in [2.24, 2.45) is 5.92 Å². The summed E-state index contributed by atoms with van der Waals surface area (Å²) in [5.41, 5.74) is 9.13. The maximum absolute atomic E-state index is 13.5. The van der Waals surface area contributed by atoms with Crippen LogP contribution >= 0.6 is 0 Å². The number of aromatic nitrogens is 2. The number of carbonyl (C=O) groups is 1. The normalized spacial score (nSPS) is 18.7. The van der Waals surface area contributed by atoms with Crippen LogP contribution in [0.1, 0.15) is 12.8 Å². The van der Waals surface area contributed by atoms with Gasteiger partial charge in [-0.3, -0.25) is 4.79 Å². The van der Waals surface area contributed by atoms with E-state index in [1.165, 1.54) is 0 Å². The van der Waals surface area contributed by atoms with Gasteiger partial charge in [0.1, 0.15) is 11.8 Å². The molecule has 1 unspecified atom stereocenters. The van der Waals surface area contributed by atoms with Gasteiger partial charge in [0.2, 0.25) is 5.91 Å². The Morgan fingerprint density at radius 3 is 2.58 bits per heavy atom. The molecule has 1 amide bonds. The number of carbonyl (C=O) groups excluding carboxylic acids is 1. The minimum atomic E-state index is -0.385. The third-order valence-electron chi connectivity index (χ3n) is 7.12. The van der Waals surface area contributed by atoms with Crippen molar-refractivity contribution in [3.8, 4) is 17.0 Å². The second-order valence-electron chi connectivity index (χ2n) is 9.45. The van der Waals surface area contributed by atoms with E-state index in [4.69, 9.17) is 5.73 Å². The van der Waals surface area contributed by atoms with Crippen molar-refractivity contribution in [2.45, 2.75) is 18.9 Å². The molecule has 0 spiro atoms. The molecule has 36 heavy (non-hydrogen) atoms. The van der Waals surface area contributed by atoms with Crippen LogP contribution < -0.4 is 26.2 Å². The molecule has 1 aromatic heterocycles. The number of nitrogens with one attached hydrogen (secondary N) is 2. The predicted molar refractivity (Wildman–Crippen MR) is 142 cm³/mol. The average Bonchev–Trinajstić information content (AvgIpc) is 2.93. The van der Waals surface area contributed by atoms with Gasteiger partial charge in [-0.05, 0) is 62.2 Å². The van der Waals surface area contributed by atoms with E-state index in [-0.39, 0.29) is 17.7 Å². The lowest BCUT2D eigenvalue weighted by Crippen LogP contribution is -2.60. The molecule has 3 aromatic rings. The number of rotatable bonds is 6. The van der Waals surface area contributed by atoms with Gasteiger partial charge in [-0.25, -0.2) is 0 Å². The van der Waals surface area contributed by atoms with Gasteiger partial charge in [-0.2, -0.15) is 0 Å². The molecule has 2 aromatic carbocycles. The Hall–Kier alpha value is -3.85. The Morgan fingerprint density at radius 2 is 1.81 bits per heavy atom. The second-order valence-corrected chi connectivity index (χ2v) is 9.45. The lowest BCUT2D eigenvalue weighted by molar-refractivity contribution is -0.122. The summed E-state index contributed by atoms with van der Waals surface area (Å²) < 4.78 is 0. The van der Waals surface area contributed by atoms with Gasteiger partial charge in [0.05, 0.1) is 11.4 Å². The number of benzene rings is 2. The van der Waals surface area contributed by atoms with Crippen LogP contribution in [0.4, 0.5) is 17.2 Å². The van der Waals surface area contributed by atoms with E-state index in [0.717, 1.165) is 31.6 Å². The highest BCUT2D eigenvalue weighted by Gasteiger charge is 2.34. The number of anilines is 3. The molecule has 1 atom stereocenters. The SMILES string of the molecule is Nc1nnc(-c2ccccc2O)cc1N1CCN(c2ccccc2)C(C(=O)NCC2CCNCC2)C1. The summed E-state index contributed by atoms with van der Waals surface area (Å²) in [6.07, 6.45) is 2.15. The van der Waals surface area contributed by atoms with E-state index >= 15 is 0 Å². The van der Waals surface area contributed by atoms with Gasteiger partial charge in [-0.1, -0.05) is 30.3 Å². The van der Waals surface area contributed by atoms with E-state index < -0.39 is 0 Å². The van der Waals surface area contributed by atoms with Crippen LogP contribution in [0.3, 0.4) is 0 Å². The van der Waals surface area contributed by atoms with Crippen LogP contribution in [-0.4, -0.2) is 66.5 Å². The molecule has 0 saturated carbocycles. The number of hydrogen-bond acceptors (Lipinski definition) is 8. The number of piperazine rings is 1. The van der Waals surface area contributed by atoms with Crippen LogP contribution in [0, 0.1) is 5.92 Å². The van der Waals surface area contributed by atoms with Crippen molar-refractivity contribution < 1.29 is 9.90 Å². The van der Waals surface area contributed by atoms with Gasteiger partial charge in [0.25, 0.3) is 0 Å². The topological polar surface area (TPSA) is 120 Å². The highest BCUT2D eigenvalue weighted by molar-refractivity contribution is 5.87. The minimum Gasteiger partial charge on any atom is -0.507 e. The third kappa shape index (κ3) is 5.21. The number of nitrogens with zero attached hydrogens (tertiary/aromatic N) is 4. The molecular weight excluding hydrogens is 454 g/mol. The van der Waals surface area contributed by atoms with Gasteiger partial charge >= 0.3 is 0 Å². The zero-order chi connectivity index (χ0) is 24.9. The van der Waals surface area contributed by atoms with E-state index in [2.05, 4.69) is 30.6 Å². The molecule has 9 heteroatoms. The molecule has 2 aliphatic rings. The Labute approximate surface area is 211 Å². The molecule has 188 valence electrons. The highest BCUT2D eigenvalue weighted by Crippen LogP contribution is 2.33. The van der Waals surface area contributed by atoms with Crippen LogP contribution in [0.2, 0.25) is 0 Å². The van der Waals surface area contributed by atoms with Gasteiger partial charge < -0.3 is 31.3 Å². The number of hydrogen-bond donors (Lipinski definition) is 4. The van der Waals surface area contributed by atoms with Crippen molar-refractivity contribution in [2.75, 3.05) is 54.8 Å². The van der Waals surface area contributed by atoms with E-state index in [9.17, 15) is 9.90 Å². The molecular formula is C27H33N7O2. The lowest BCUT2D eigenvalue weighted by Gasteiger charge is -2.43. The summed E-state index contributed by atoms with van der Waals surface area (Å²) in [6.45, 7) is 4.48. The summed E-state index contributed by atoms with van der Waals surface area (Å²) in [6, 6.07) is 18.5. The number of phenolic OH excluding ortho intramolecular Hbond substituents is 1. The first kappa shape index (κ1) is 23.9. The fourth-order valence-corrected chi connectivity index (χ4v) is 5.07. The summed E-state index contributed by atoms with van der Waals surface area (Å²) >= 11 is 0. The molecule has 0 radical (unpaired) electrons. The molecule has 9 nitrogen and oxygen atoms in total. The molecule has 2 fully saturated rings. The van der Waals surface area contributed by atoms with Crippen LogP contribution in [0.15, 0.2) is 60.7 Å². The number of para-hydroxylation sites is 2. The standard InChI is InChI=1S/C27H33N7O2/c28-26-23(16-22(31-32-26)21-8-4-5-9-25(21)35)33-14-15-34(20-6-2-1-3-7-20)24(18-33)27(36)30-17-19-10-12-29-13-11-19/h1-9,16,19,24,29,35H,10-15,17-18H2,(H2,28,32)(H,30,36). The van der Waals surface area contributed by atoms with E-state index in [0.29, 0.717) is 54.9 Å². The zero-order valence-electron chi connectivity index (χ0n) is 20.3. The highest BCUT2D eigenvalue weighted by atomic mass is 16.3. The largest absolute Gasteiger partial charge is 0.507 e. The van der Waals surface area contributed by atoms with Crippen LogP contribution in [0.5, 0.6) is 5.75 Å². The number of nitrogen functional groups attached to an aromatic ring is 1. The van der Waals surface area contributed by atoms with Crippen molar-refractivity contribution in [3.05, 3.63) is 60.7 Å². The molecule has 2 saturated heterocycles. The number of piperidine rings is 1. The van der Waals surface area contributed by atoms with Crippen molar-refractivity contribution in [1.29, 1.82) is 0 Å². The summed E-state index contributed by atoms with van der Waals surface area (Å²) in [4.78, 5) is 17.8. The first-order valence-electron chi connectivity index (χ1n) is 12.6.